The Morgan fingerprint density at radius 2 is 1.87 bits per heavy atom. The highest BCUT2D eigenvalue weighted by Gasteiger charge is 2.20. The summed E-state index contributed by atoms with van der Waals surface area (Å²) in [7, 11) is 0. The molecule has 0 saturated heterocycles. The van der Waals surface area contributed by atoms with Crippen LogP contribution in [0.4, 0.5) is 5.69 Å². The molecular formula is C15H13N5O3. The minimum absolute atomic E-state index is 0.0114. The Balaban J connectivity index is 1.78. The molecule has 0 unspecified atom stereocenters. The zero-order valence-electron chi connectivity index (χ0n) is 12.3. The Morgan fingerprint density at radius 1 is 1.22 bits per heavy atom. The molecule has 8 heteroatoms. The van der Waals surface area contributed by atoms with Gasteiger partial charge in [-0.1, -0.05) is 18.2 Å². The summed E-state index contributed by atoms with van der Waals surface area (Å²) < 4.78 is 0. The number of hydrogen-bond donors (Lipinski definition) is 1. The normalized spacial score (nSPS) is 10.7. The number of nitro benzene ring substituents is 1. The van der Waals surface area contributed by atoms with Gasteiger partial charge in [0.25, 0.3) is 11.6 Å². The van der Waals surface area contributed by atoms with Crippen molar-refractivity contribution in [3.8, 4) is 0 Å². The third-order valence-corrected chi connectivity index (χ3v) is 3.30. The van der Waals surface area contributed by atoms with Crippen LogP contribution in [0.3, 0.4) is 0 Å². The van der Waals surface area contributed by atoms with Gasteiger partial charge in [-0.05, 0) is 30.7 Å². The van der Waals surface area contributed by atoms with Crippen LogP contribution in [-0.4, -0.2) is 25.8 Å². The first-order valence-corrected chi connectivity index (χ1v) is 6.88. The second kappa shape index (κ2) is 5.84. The van der Waals surface area contributed by atoms with Crippen molar-refractivity contribution >= 4 is 22.6 Å². The van der Waals surface area contributed by atoms with Crippen molar-refractivity contribution in [3.05, 3.63) is 63.7 Å². The smallest absolute Gasteiger partial charge is 0.282 e. The molecule has 0 bridgehead atoms. The highest BCUT2D eigenvalue weighted by atomic mass is 16.6. The number of carbonyl (C=O) groups excluding carboxylic acids is 1. The number of nitro groups is 1. The van der Waals surface area contributed by atoms with Crippen LogP contribution in [-0.2, 0) is 6.67 Å². The van der Waals surface area contributed by atoms with Crippen LogP contribution >= 0.6 is 0 Å². The van der Waals surface area contributed by atoms with E-state index in [9.17, 15) is 14.9 Å². The standard InChI is InChI=1S/C15H13N5O3/c1-10-6-7-11(14(8-10)20(22)23)15(21)16-9-19-17-12-4-2-3-5-13(12)18-19/h2-8H,9H2,1H3,(H,16,21). The van der Waals surface area contributed by atoms with E-state index in [1.807, 2.05) is 24.3 Å². The van der Waals surface area contributed by atoms with Crippen LogP contribution < -0.4 is 5.32 Å². The minimum atomic E-state index is -0.567. The molecule has 1 aromatic heterocycles. The number of nitrogens with zero attached hydrogens (tertiary/aromatic N) is 4. The predicted octanol–water partition coefficient (Wildman–Crippen LogP) is 2.04. The van der Waals surface area contributed by atoms with Crippen molar-refractivity contribution in [1.29, 1.82) is 0 Å². The van der Waals surface area contributed by atoms with Crippen molar-refractivity contribution in [1.82, 2.24) is 20.3 Å². The Morgan fingerprint density at radius 3 is 2.48 bits per heavy atom. The lowest BCUT2D eigenvalue weighted by Gasteiger charge is -2.05. The van der Waals surface area contributed by atoms with E-state index in [0.717, 1.165) is 0 Å². The molecule has 0 spiro atoms. The first kappa shape index (κ1) is 14.6. The molecule has 1 amide bonds. The summed E-state index contributed by atoms with van der Waals surface area (Å²) in [4.78, 5) is 24.0. The zero-order chi connectivity index (χ0) is 16.4. The molecule has 23 heavy (non-hydrogen) atoms. The molecule has 1 N–H and O–H groups in total. The zero-order valence-corrected chi connectivity index (χ0v) is 12.3. The number of benzene rings is 2. The molecule has 0 atom stereocenters. The molecule has 3 aromatic rings. The summed E-state index contributed by atoms with van der Waals surface area (Å²) in [5, 5.41) is 22.1. The van der Waals surface area contributed by atoms with Crippen molar-refractivity contribution in [2.24, 2.45) is 0 Å². The van der Waals surface area contributed by atoms with Crippen LogP contribution in [0, 0.1) is 17.0 Å². The van der Waals surface area contributed by atoms with E-state index in [1.54, 1.807) is 13.0 Å². The van der Waals surface area contributed by atoms with Crippen molar-refractivity contribution in [2.75, 3.05) is 0 Å². The second-order valence-electron chi connectivity index (χ2n) is 5.00. The summed E-state index contributed by atoms with van der Waals surface area (Å²) in [5.41, 5.74) is 1.93. The van der Waals surface area contributed by atoms with Gasteiger partial charge < -0.3 is 5.32 Å². The summed E-state index contributed by atoms with van der Waals surface area (Å²) in [6.45, 7) is 1.76. The average molecular weight is 311 g/mol. The van der Waals surface area contributed by atoms with Crippen LogP contribution in [0.15, 0.2) is 42.5 Å². The maximum absolute atomic E-state index is 12.2. The molecule has 0 aliphatic heterocycles. The fraction of sp³-hybridized carbons (Fsp3) is 0.133. The Labute approximate surface area is 130 Å². The van der Waals surface area contributed by atoms with E-state index < -0.39 is 10.8 Å². The van der Waals surface area contributed by atoms with Gasteiger partial charge in [0.05, 0.1) is 4.92 Å². The van der Waals surface area contributed by atoms with Gasteiger partial charge in [-0.15, -0.1) is 0 Å². The van der Waals surface area contributed by atoms with Crippen LogP contribution in [0.25, 0.3) is 11.0 Å². The van der Waals surface area contributed by atoms with Crippen LogP contribution in [0.5, 0.6) is 0 Å². The number of carbonyl (C=O) groups is 1. The lowest BCUT2D eigenvalue weighted by molar-refractivity contribution is -0.385. The number of hydrogen-bond acceptors (Lipinski definition) is 5. The van der Waals surface area contributed by atoms with Gasteiger partial charge in [0.15, 0.2) is 0 Å². The number of fused-ring (bicyclic) bond motifs is 1. The molecular weight excluding hydrogens is 298 g/mol. The number of amides is 1. The molecule has 0 radical (unpaired) electrons. The van der Waals surface area contributed by atoms with Gasteiger partial charge in [-0.2, -0.15) is 15.0 Å². The molecule has 0 aliphatic rings. The highest BCUT2D eigenvalue weighted by Crippen LogP contribution is 2.19. The molecule has 0 aliphatic carbocycles. The first-order valence-electron chi connectivity index (χ1n) is 6.88. The quantitative estimate of drug-likeness (QED) is 0.586. The number of nitrogens with one attached hydrogen (secondary N) is 1. The monoisotopic (exact) mass is 311 g/mol. The van der Waals surface area contributed by atoms with Gasteiger partial charge in [0.2, 0.25) is 0 Å². The molecule has 0 fully saturated rings. The maximum atomic E-state index is 12.2. The third-order valence-electron chi connectivity index (χ3n) is 3.30. The average Bonchev–Trinajstić information content (AvgIpc) is 2.95. The Hall–Kier alpha value is -3.29. The Bertz CT molecular complexity index is 870. The van der Waals surface area contributed by atoms with Crippen molar-refractivity contribution < 1.29 is 9.72 Å². The van der Waals surface area contributed by atoms with Crippen molar-refractivity contribution in [2.45, 2.75) is 13.6 Å². The maximum Gasteiger partial charge on any atom is 0.282 e. The van der Waals surface area contributed by atoms with Gasteiger partial charge in [0.1, 0.15) is 23.3 Å². The first-order chi connectivity index (χ1) is 11.0. The summed E-state index contributed by atoms with van der Waals surface area (Å²) >= 11 is 0. The number of aromatic nitrogens is 3. The second-order valence-corrected chi connectivity index (χ2v) is 5.00. The summed E-state index contributed by atoms with van der Waals surface area (Å²) in [5.74, 6) is -0.543. The van der Waals surface area contributed by atoms with E-state index in [2.05, 4.69) is 15.5 Å². The molecule has 3 rings (SSSR count). The van der Waals surface area contributed by atoms with E-state index in [-0.39, 0.29) is 17.9 Å². The van der Waals surface area contributed by atoms with Gasteiger partial charge in [0, 0.05) is 6.07 Å². The van der Waals surface area contributed by atoms with Crippen LogP contribution in [0.2, 0.25) is 0 Å². The van der Waals surface area contributed by atoms with Gasteiger partial charge in [-0.25, -0.2) is 0 Å². The van der Waals surface area contributed by atoms with E-state index in [0.29, 0.717) is 16.6 Å². The lowest BCUT2D eigenvalue weighted by atomic mass is 10.1. The van der Waals surface area contributed by atoms with Crippen molar-refractivity contribution in [3.63, 3.8) is 0 Å². The van der Waals surface area contributed by atoms with E-state index in [4.69, 9.17) is 0 Å². The lowest BCUT2D eigenvalue weighted by Crippen LogP contribution is -2.27. The third kappa shape index (κ3) is 3.00. The van der Waals surface area contributed by atoms with Gasteiger partial charge >= 0.3 is 0 Å². The van der Waals surface area contributed by atoms with E-state index >= 15 is 0 Å². The largest absolute Gasteiger partial charge is 0.331 e. The summed E-state index contributed by atoms with van der Waals surface area (Å²) in [6, 6.07) is 11.8. The number of aryl methyl sites for hydroxylation is 1. The molecule has 116 valence electrons. The molecule has 1 heterocycles. The highest BCUT2D eigenvalue weighted by molar-refractivity contribution is 5.98. The number of rotatable bonds is 4. The fourth-order valence-corrected chi connectivity index (χ4v) is 2.20. The predicted molar refractivity (Wildman–Crippen MR) is 82.8 cm³/mol. The SMILES string of the molecule is Cc1ccc(C(=O)NCn2nc3ccccc3n2)c([N+](=O)[O-])c1. The minimum Gasteiger partial charge on any atom is -0.331 e. The van der Waals surface area contributed by atoms with Crippen LogP contribution in [0.1, 0.15) is 15.9 Å². The topological polar surface area (TPSA) is 103 Å². The molecule has 0 saturated carbocycles. The molecule has 8 nitrogen and oxygen atoms in total. The van der Waals surface area contributed by atoms with E-state index in [1.165, 1.54) is 16.9 Å². The molecule has 2 aromatic carbocycles. The summed E-state index contributed by atoms with van der Waals surface area (Å²) in [6.07, 6.45) is 0. The Kier molecular flexibility index (Phi) is 3.71. The fourth-order valence-electron chi connectivity index (χ4n) is 2.20. The van der Waals surface area contributed by atoms with Gasteiger partial charge in [-0.3, -0.25) is 14.9 Å².